The fourth-order valence-corrected chi connectivity index (χ4v) is 7.37. The maximum Gasteiger partial charge on any atom is 0.240 e. The molecule has 1 aromatic rings. The monoisotopic (exact) mass is 443 g/mol. The van der Waals surface area contributed by atoms with E-state index in [0.717, 1.165) is 37.0 Å². The lowest BCUT2D eigenvalue weighted by Gasteiger charge is -2.55. The summed E-state index contributed by atoms with van der Waals surface area (Å²) in [5.41, 5.74) is 0.535. The largest absolute Gasteiger partial charge is 0.497 e. The van der Waals surface area contributed by atoms with Gasteiger partial charge in [-0.25, -0.2) is 0 Å². The first-order chi connectivity index (χ1) is 14.9. The van der Waals surface area contributed by atoms with Gasteiger partial charge in [0.05, 0.1) is 25.4 Å². The van der Waals surface area contributed by atoms with Gasteiger partial charge in [-0.3, -0.25) is 14.6 Å². The second kappa shape index (κ2) is 8.04. The zero-order valence-corrected chi connectivity index (χ0v) is 18.8. The maximum absolute atomic E-state index is 12.7. The van der Waals surface area contributed by atoms with Crippen molar-refractivity contribution in [2.24, 2.45) is 22.7 Å². The standard InChI is InChI=1S/C23H29N3O4S/c1-29-16-3-4-18(30-2)17(8-16)24-20(27)9-19-21(28)25-22(31-19)26-23-10-13-5-14(11-23)7-15(6-13)12-23/h3-4,8,13-15,19H,5-7,9-12H2,1-2H3,(H,24,27)(H,25,26,28). The third-order valence-corrected chi connectivity index (χ3v) is 8.25. The van der Waals surface area contributed by atoms with E-state index in [1.165, 1.54) is 31.0 Å². The third kappa shape index (κ3) is 4.14. The van der Waals surface area contributed by atoms with Crippen molar-refractivity contribution in [3.05, 3.63) is 18.2 Å². The average molecular weight is 444 g/mol. The molecule has 8 heteroatoms. The van der Waals surface area contributed by atoms with Crippen LogP contribution in [0.15, 0.2) is 23.2 Å². The van der Waals surface area contributed by atoms with Gasteiger partial charge in [-0.2, -0.15) is 0 Å². The number of amidine groups is 1. The van der Waals surface area contributed by atoms with Crippen LogP contribution >= 0.6 is 11.8 Å². The van der Waals surface area contributed by atoms with Gasteiger partial charge in [0.25, 0.3) is 0 Å². The molecule has 5 aliphatic rings. The topological polar surface area (TPSA) is 89.0 Å². The van der Waals surface area contributed by atoms with Crippen molar-refractivity contribution in [1.29, 1.82) is 0 Å². The quantitative estimate of drug-likeness (QED) is 0.701. The minimum atomic E-state index is -0.468. The number of nitrogens with one attached hydrogen (secondary N) is 2. The summed E-state index contributed by atoms with van der Waals surface area (Å²) in [6, 6.07) is 5.21. The molecule has 31 heavy (non-hydrogen) atoms. The van der Waals surface area contributed by atoms with Gasteiger partial charge in [-0.15, -0.1) is 0 Å². The van der Waals surface area contributed by atoms with Gasteiger partial charge in [0.15, 0.2) is 5.17 Å². The second-order valence-corrected chi connectivity index (χ2v) is 10.7. The van der Waals surface area contributed by atoms with E-state index in [1.54, 1.807) is 32.4 Å². The summed E-state index contributed by atoms with van der Waals surface area (Å²) in [6.07, 6.45) is 7.62. The summed E-state index contributed by atoms with van der Waals surface area (Å²) >= 11 is 1.40. The van der Waals surface area contributed by atoms with Crippen molar-refractivity contribution in [2.75, 3.05) is 19.5 Å². The number of hydrogen-bond acceptors (Lipinski definition) is 6. The van der Waals surface area contributed by atoms with Crippen molar-refractivity contribution in [3.8, 4) is 11.5 Å². The summed E-state index contributed by atoms with van der Waals surface area (Å²) in [5.74, 6) is 3.19. The zero-order chi connectivity index (χ0) is 21.6. The highest BCUT2D eigenvalue weighted by molar-refractivity contribution is 8.15. The number of carbonyl (C=O) groups is 2. The molecule has 166 valence electrons. The SMILES string of the molecule is COc1ccc(OC)c(NC(=O)CC2SC(=NC34CC5CC(CC(C5)C3)C4)NC2=O)c1. The molecule has 4 bridgehead atoms. The number of thioether (sulfide) groups is 1. The van der Waals surface area contributed by atoms with Crippen molar-refractivity contribution in [2.45, 2.75) is 55.7 Å². The number of rotatable bonds is 6. The molecule has 5 fully saturated rings. The number of anilines is 1. The predicted octanol–water partition coefficient (Wildman–Crippen LogP) is 3.59. The van der Waals surface area contributed by atoms with E-state index in [9.17, 15) is 9.59 Å². The molecule has 2 amide bonds. The van der Waals surface area contributed by atoms with Crippen molar-refractivity contribution in [3.63, 3.8) is 0 Å². The Morgan fingerprint density at radius 3 is 2.45 bits per heavy atom. The number of amides is 2. The van der Waals surface area contributed by atoms with Gasteiger partial charge in [0.2, 0.25) is 11.8 Å². The molecule has 2 N–H and O–H groups in total. The van der Waals surface area contributed by atoms with Crippen LogP contribution in [0.5, 0.6) is 11.5 Å². The Kier molecular flexibility index (Phi) is 5.36. The highest BCUT2D eigenvalue weighted by Gasteiger charge is 2.51. The highest BCUT2D eigenvalue weighted by Crippen LogP contribution is 2.57. The summed E-state index contributed by atoms with van der Waals surface area (Å²) in [4.78, 5) is 30.3. The summed E-state index contributed by atoms with van der Waals surface area (Å²) in [6.45, 7) is 0. The van der Waals surface area contributed by atoms with Crippen LogP contribution in [0, 0.1) is 17.8 Å². The van der Waals surface area contributed by atoms with Crippen LogP contribution in [-0.4, -0.2) is 42.0 Å². The molecule has 0 spiro atoms. The maximum atomic E-state index is 12.7. The summed E-state index contributed by atoms with van der Waals surface area (Å²) in [5, 5.41) is 6.02. The molecule has 0 aromatic heterocycles. The first-order valence-corrected chi connectivity index (χ1v) is 11.9. The van der Waals surface area contributed by atoms with Crippen molar-refractivity contribution >= 4 is 34.4 Å². The van der Waals surface area contributed by atoms with E-state index in [1.807, 2.05) is 0 Å². The Bertz CT molecular complexity index is 896. The predicted molar refractivity (Wildman–Crippen MR) is 121 cm³/mol. The zero-order valence-electron chi connectivity index (χ0n) is 18.0. The lowest BCUT2D eigenvalue weighted by molar-refractivity contribution is -0.122. The number of ether oxygens (including phenoxy) is 2. The molecule has 1 aromatic carbocycles. The van der Waals surface area contributed by atoms with Crippen LogP contribution in [0.4, 0.5) is 5.69 Å². The van der Waals surface area contributed by atoms with Crippen LogP contribution < -0.4 is 20.1 Å². The molecule has 0 radical (unpaired) electrons. The minimum Gasteiger partial charge on any atom is -0.497 e. The van der Waals surface area contributed by atoms with E-state index in [0.29, 0.717) is 22.4 Å². The molecular weight excluding hydrogens is 414 g/mol. The average Bonchev–Trinajstić information content (AvgIpc) is 3.04. The Labute approximate surface area is 186 Å². The van der Waals surface area contributed by atoms with Gasteiger partial charge in [-0.05, 0) is 68.4 Å². The fraction of sp³-hybridized carbons (Fsp3) is 0.609. The molecule has 1 aliphatic heterocycles. The molecule has 7 nitrogen and oxygen atoms in total. The number of hydrogen-bond donors (Lipinski definition) is 2. The number of carbonyl (C=O) groups excluding carboxylic acids is 2. The van der Waals surface area contributed by atoms with E-state index >= 15 is 0 Å². The van der Waals surface area contributed by atoms with Crippen LogP contribution in [0.2, 0.25) is 0 Å². The number of aliphatic imine (C=N–C) groups is 1. The van der Waals surface area contributed by atoms with E-state index in [-0.39, 0.29) is 23.8 Å². The number of nitrogens with zero attached hydrogens (tertiary/aromatic N) is 1. The molecule has 1 saturated heterocycles. The second-order valence-electron chi connectivity index (χ2n) is 9.47. The highest BCUT2D eigenvalue weighted by atomic mass is 32.2. The van der Waals surface area contributed by atoms with Crippen LogP contribution in [0.1, 0.15) is 44.9 Å². The first kappa shape index (κ1) is 20.7. The van der Waals surface area contributed by atoms with Gasteiger partial charge in [0.1, 0.15) is 16.7 Å². The first-order valence-electron chi connectivity index (χ1n) is 11.0. The molecule has 4 saturated carbocycles. The summed E-state index contributed by atoms with van der Waals surface area (Å²) < 4.78 is 10.5. The normalized spacial score (nSPS) is 34.6. The van der Waals surface area contributed by atoms with Gasteiger partial charge in [0, 0.05) is 12.5 Å². The van der Waals surface area contributed by atoms with Crippen molar-refractivity contribution in [1.82, 2.24) is 5.32 Å². The molecular formula is C23H29N3O4S. The number of methoxy groups -OCH3 is 2. The lowest BCUT2D eigenvalue weighted by Crippen LogP contribution is -2.50. The van der Waals surface area contributed by atoms with Gasteiger partial charge < -0.3 is 20.1 Å². The Balaban J connectivity index is 1.24. The van der Waals surface area contributed by atoms with Crippen LogP contribution in [0.25, 0.3) is 0 Å². The molecule has 1 heterocycles. The van der Waals surface area contributed by atoms with Crippen LogP contribution in [0.3, 0.4) is 0 Å². The van der Waals surface area contributed by atoms with Gasteiger partial charge >= 0.3 is 0 Å². The van der Waals surface area contributed by atoms with Crippen molar-refractivity contribution < 1.29 is 19.1 Å². The molecule has 6 rings (SSSR count). The van der Waals surface area contributed by atoms with E-state index < -0.39 is 5.25 Å². The van der Waals surface area contributed by atoms with Crippen LogP contribution in [-0.2, 0) is 9.59 Å². The fourth-order valence-electron chi connectivity index (χ4n) is 6.29. The smallest absolute Gasteiger partial charge is 0.240 e. The minimum absolute atomic E-state index is 0.00940. The van der Waals surface area contributed by atoms with Gasteiger partial charge in [-0.1, -0.05) is 11.8 Å². The lowest BCUT2D eigenvalue weighted by atomic mass is 9.53. The third-order valence-electron chi connectivity index (χ3n) is 7.17. The van der Waals surface area contributed by atoms with E-state index in [2.05, 4.69) is 10.6 Å². The number of benzene rings is 1. The molecule has 1 atom stereocenters. The molecule has 1 unspecified atom stereocenters. The molecule has 4 aliphatic carbocycles. The Hall–Kier alpha value is -2.22. The Morgan fingerprint density at radius 2 is 1.84 bits per heavy atom. The Morgan fingerprint density at radius 1 is 1.16 bits per heavy atom. The van der Waals surface area contributed by atoms with E-state index in [4.69, 9.17) is 14.5 Å². The summed E-state index contributed by atoms with van der Waals surface area (Å²) in [7, 11) is 3.11.